The van der Waals surface area contributed by atoms with E-state index in [2.05, 4.69) is 25.9 Å². The van der Waals surface area contributed by atoms with Gasteiger partial charge in [-0.2, -0.15) is 5.10 Å². The minimum atomic E-state index is -1.41. The van der Waals surface area contributed by atoms with Gasteiger partial charge in [0.05, 0.1) is 18.7 Å². The van der Waals surface area contributed by atoms with Gasteiger partial charge < -0.3 is 4.74 Å². The summed E-state index contributed by atoms with van der Waals surface area (Å²) in [6, 6.07) is 7.84. The van der Waals surface area contributed by atoms with Crippen molar-refractivity contribution in [3.8, 4) is 0 Å². The van der Waals surface area contributed by atoms with Crippen LogP contribution in [0.2, 0.25) is 0 Å². The summed E-state index contributed by atoms with van der Waals surface area (Å²) in [5, 5.41) is 5.43. The molecule has 0 amide bonds. The van der Waals surface area contributed by atoms with Crippen LogP contribution >= 0.6 is 0 Å². The Morgan fingerprint density at radius 1 is 1.32 bits per heavy atom. The molecule has 0 N–H and O–H groups in total. The minimum Gasteiger partial charge on any atom is -0.374 e. The molecule has 0 bridgehead atoms. The fourth-order valence-electron chi connectivity index (χ4n) is 2.45. The Morgan fingerprint density at radius 3 is 2.58 bits per heavy atom. The standard InChI is InChI=1S/C15H19FN2O/c1-14(2,3)8-18-12-7-5-4-6-11(12)13(17-18)15(16)9-19-10-15/h4-7H,8-10H2,1-3H3. The zero-order valence-electron chi connectivity index (χ0n) is 11.6. The molecule has 2 aromatic rings. The summed E-state index contributed by atoms with van der Waals surface area (Å²) in [5.41, 5.74) is 0.212. The van der Waals surface area contributed by atoms with Crippen molar-refractivity contribution in [1.82, 2.24) is 9.78 Å². The number of halogens is 1. The van der Waals surface area contributed by atoms with Crippen LogP contribution in [0.5, 0.6) is 0 Å². The number of hydrogen-bond donors (Lipinski definition) is 0. The molecule has 1 aliphatic heterocycles. The summed E-state index contributed by atoms with van der Waals surface area (Å²) in [4.78, 5) is 0. The molecule has 0 saturated carbocycles. The third-order valence-corrected chi connectivity index (χ3v) is 3.37. The number of benzene rings is 1. The Labute approximate surface area is 112 Å². The Bertz CT molecular complexity index is 608. The molecule has 3 nitrogen and oxygen atoms in total. The van der Waals surface area contributed by atoms with E-state index in [9.17, 15) is 4.39 Å². The third-order valence-electron chi connectivity index (χ3n) is 3.37. The quantitative estimate of drug-likeness (QED) is 0.830. The molecule has 19 heavy (non-hydrogen) atoms. The molecule has 0 aliphatic carbocycles. The predicted octanol–water partition coefficient (Wildman–Crippen LogP) is 3.28. The number of nitrogens with zero attached hydrogens (tertiary/aromatic N) is 2. The molecule has 0 atom stereocenters. The van der Waals surface area contributed by atoms with E-state index in [1.165, 1.54) is 0 Å². The molecule has 4 heteroatoms. The first-order valence-corrected chi connectivity index (χ1v) is 6.62. The molecule has 1 fully saturated rings. The largest absolute Gasteiger partial charge is 0.374 e. The van der Waals surface area contributed by atoms with Gasteiger partial charge in [-0.1, -0.05) is 39.0 Å². The van der Waals surface area contributed by atoms with Gasteiger partial charge in [0.2, 0.25) is 5.67 Å². The van der Waals surface area contributed by atoms with Crippen LogP contribution in [0.3, 0.4) is 0 Å². The van der Waals surface area contributed by atoms with E-state index < -0.39 is 5.67 Å². The van der Waals surface area contributed by atoms with Gasteiger partial charge in [-0.25, -0.2) is 4.39 Å². The van der Waals surface area contributed by atoms with Crippen LogP contribution in [0.1, 0.15) is 26.5 Å². The van der Waals surface area contributed by atoms with Crippen LogP contribution in [0, 0.1) is 5.41 Å². The first-order chi connectivity index (χ1) is 8.89. The lowest BCUT2D eigenvalue weighted by Gasteiger charge is -2.32. The SMILES string of the molecule is CC(C)(C)Cn1nc(C2(F)COC2)c2ccccc21. The molecule has 0 unspecified atom stereocenters. The summed E-state index contributed by atoms with van der Waals surface area (Å²) in [7, 11) is 0. The summed E-state index contributed by atoms with van der Waals surface area (Å²) >= 11 is 0. The summed E-state index contributed by atoms with van der Waals surface area (Å²) < 4.78 is 21.6. The zero-order valence-corrected chi connectivity index (χ0v) is 11.6. The molecular formula is C15H19FN2O. The van der Waals surface area contributed by atoms with Gasteiger partial charge in [-0.3, -0.25) is 4.68 Å². The zero-order chi connectivity index (χ0) is 13.7. The average Bonchev–Trinajstić information content (AvgIpc) is 2.64. The highest BCUT2D eigenvalue weighted by atomic mass is 19.1. The van der Waals surface area contributed by atoms with Crippen molar-refractivity contribution >= 4 is 10.9 Å². The average molecular weight is 262 g/mol. The highest BCUT2D eigenvalue weighted by Gasteiger charge is 2.44. The Balaban J connectivity index is 2.13. The number of rotatable bonds is 2. The van der Waals surface area contributed by atoms with Crippen molar-refractivity contribution in [2.75, 3.05) is 13.2 Å². The highest BCUT2D eigenvalue weighted by molar-refractivity contribution is 5.83. The maximum atomic E-state index is 14.6. The Kier molecular flexibility index (Phi) is 2.68. The molecule has 1 aromatic heterocycles. The van der Waals surface area contributed by atoms with Crippen molar-refractivity contribution in [2.45, 2.75) is 33.0 Å². The van der Waals surface area contributed by atoms with E-state index in [0.29, 0.717) is 5.69 Å². The van der Waals surface area contributed by atoms with Crippen molar-refractivity contribution in [3.05, 3.63) is 30.0 Å². The van der Waals surface area contributed by atoms with Crippen molar-refractivity contribution in [3.63, 3.8) is 0 Å². The number of ether oxygens (including phenoxy) is 1. The van der Waals surface area contributed by atoms with Crippen LogP contribution in [0.25, 0.3) is 10.9 Å². The smallest absolute Gasteiger partial charge is 0.201 e. The summed E-state index contributed by atoms with van der Waals surface area (Å²) in [6.07, 6.45) is 0. The second-order valence-electron chi connectivity index (χ2n) is 6.54. The lowest BCUT2D eigenvalue weighted by atomic mass is 9.96. The van der Waals surface area contributed by atoms with E-state index in [4.69, 9.17) is 4.74 Å². The topological polar surface area (TPSA) is 27.1 Å². The molecule has 2 heterocycles. The van der Waals surface area contributed by atoms with E-state index in [-0.39, 0.29) is 18.6 Å². The molecule has 102 valence electrons. The second kappa shape index (κ2) is 4.04. The normalized spacial score (nSPS) is 18.5. The van der Waals surface area contributed by atoms with Crippen molar-refractivity contribution < 1.29 is 9.13 Å². The van der Waals surface area contributed by atoms with Crippen molar-refractivity contribution in [1.29, 1.82) is 0 Å². The monoisotopic (exact) mass is 262 g/mol. The van der Waals surface area contributed by atoms with Gasteiger partial charge in [0.15, 0.2) is 0 Å². The number of para-hydroxylation sites is 1. The van der Waals surface area contributed by atoms with Crippen LogP contribution in [-0.2, 0) is 17.0 Å². The van der Waals surface area contributed by atoms with E-state index in [0.717, 1.165) is 17.4 Å². The molecule has 0 radical (unpaired) electrons. The fourth-order valence-corrected chi connectivity index (χ4v) is 2.45. The first kappa shape index (κ1) is 12.6. The molecule has 3 rings (SSSR count). The molecule has 1 aliphatic rings. The highest BCUT2D eigenvalue weighted by Crippen LogP contribution is 2.37. The predicted molar refractivity (Wildman–Crippen MR) is 72.8 cm³/mol. The minimum absolute atomic E-state index is 0.103. The van der Waals surface area contributed by atoms with Gasteiger partial charge in [0.1, 0.15) is 5.69 Å². The molecular weight excluding hydrogens is 243 g/mol. The Hall–Kier alpha value is -1.42. The van der Waals surface area contributed by atoms with Crippen molar-refractivity contribution in [2.24, 2.45) is 5.41 Å². The van der Waals surface area contributed by atoms with E-state index >= 15 is 0 Å². The summed E-state index contributed by atoms with van der Waals surface area (Å²) in [6.45, 7) is 7.46. The van der Waals surface area contributed by atoms with Gasteiger partial charge in [-0.15, -0.1) is 0 Å². The van der Waals surface area contributed by atoms with Crippen LogP contribution in [0.15, 0.2) is 24.3 Å². The van der Waals surface area contributed by atoms with Crippen LogP contribution in [0.4, 0.5) is 4.39 Å². The number of aromatic nitrogens is 2. The van der Waals surface area contributed by atoms with Crippen LogP contribution < -0.4 is 0 Å². The molecule has 1 saturated heterocycles. The maximum absolute atomic E-state index is 14.6. The molecule has 0 spiro atoms. The summed E-state index contributed by atoms with van der Waals surface area (Å²) in [5.74, 6) is 0. The van der Waals surface area contributed by atoms with Gasteiger partial charge in [0, 0.05) is 11.9 Å². The van der Waals surface area contributed by atoms with Crippen LogP contribution in [-0.4, -0.2) is 23.0 Å². The Morgan fingerprint density at radius 2 is 2.00 bits per heavy atom. The number of alkyl halides is 1. The maximum Gasteiger partial charge on any atom is 0.201 e. The fraction of sp³-hybridized carbons (Fsp3) is 0.533. The lowest BCUT2D eigenvalue weighted by molar-refractivity contribution is -0.137. The van der Waals surface area contributed by atoms with E-state index in [1.807, 2.05) is 28.9 Å². The van der Waals surface area contributed by atoms with E-state index in [1.54, 1.807) is 0 Å². The van der Waals surface area contributed by atoms with Gasteiger partial charge >= 0.3 is 0 Å². The van der Waals surface area contributed by atoms with Gasteiger partial charge in [0.25, 0.3) is 0 Å². The number of fused-ring (bicyclic) bond motifs is 1. The van der Waals surface area contributed by atoms with Gasteiger partial charge in [-0.05, 0) is 11.5 Å². The number of hydrogen-bond acceptors (Lipinski definition) is 2. The first-order valence-electron chi connectivity index (χ1n) is 6.62. The second-order valence-corrected chi connectivity index (χ2v) is 6.54. The molecule has 1 aromatic carbocycles. The third kappa shape index (κ3) is 2.14. The lowest BCUT2D eigenvalue weighted by Crippen LogP contribution is -2.43.